The third-order valence-electron chi connectivity index (χ3n) is 10.5. The van der Waals surface area contributed by atoms with Crippen molar-refractivity contribution in [1.82, 2.24) is 25.9 Å². The lowest BCUT2D eigenvalue weighted by atomic mass is 9.84. The fourth-order valence-electron chi connectivity index (χ4n) is 7.39. The molecule has 3 heterocycles. The number of carbonyl (C=O) groups excluding carboxylic acids is 1. The summed E-state index contributed by atoms with van der Waals surface area (Å²) >= 11 is 7.12. The third-order valence-corrected chi connectivity index (χ3v) is 10.9. The summed E-state index contributed by atoms with van der Waals surface area (Å²) in [6.45, 7) is 1.01. The van der Waals surface area contributed by atoms with Crippen LogP contribution in [-0.4, -0.2) is 59.3 Å². The molecule has 3 aliphatic rings. The topological polar surface area (TPSA) is 144 Å². The number of fused-ring (bicyclic) bond motifs is 1. The molecule has 1 saturated heterocycles. The maximum Gasteiger partial charge on any atom is 0.421 e. The van der Waals surface area contributed by atoms with Crippen molar-refractivity contribution < 1.29 is 42.1 Å². The van der Waals surface area contributed by atoms with Crippen molar-refractivity contribution in [1.29, 1.82) is 0 Å². The van der Waals surface area contributed by atoms with Crippen LogP contribution in [0.3, 0.4) is 0 Å². The highest BCUT2D eigenvalue weighted by atomic mass is 35.5. The normalized spacial score (nSPS) is 18.7. The van der Waals surface area contributed by atoms with E-state index < -0.39 is 35.2 Å². The summed E-state index contributed by atoms with van der Waals surface area (Å²) in [5, 5.41) is 19.1. The molecule has 55 heavy (non-hydrogen) atoms. The largest absolute Gasteiger partial charge is 0.496 e. The molecule has 2 fully saturated rings. The fourth-order valence-corrected chi connectivity index (χ4v) is 7.71. The number of rotatable bonds is 14. The Bertz CT molecular complexity index is 2110. The maximum absolute atomic E-state index is 14.5. The highest BCUT2D eigenvalue weighted by Crippen LogP contribution is 2.45. The second-order valence-corrected chi connectivity index (χ2v) is 14.5. The van der Waals surface area contributed by atoms with E-state index in [0.29, 0.717) is 68.1 Å². The smallest absolute Gasteiger partial charge is 0.421 e. The van der Waals surface area contributed by atoms with Crippen molar-refractivity contribution in [3.63, 3.8) is 0 Å². The first-order valence-electron chi connectivity index (χ1n) is 18.1. The van der Waals surface area contributed by atoms with Gasteiger partial charge in [-0.2, -0.15) is 18.2 Å². The van der Waals surface area contributed by atoms with Gasteiger partial charge in [0, 0.05) is 60.5 Å². The van der Waals surface area contributed by atoms with Crippen LogP contribution in [0.25, 0.3) is 22.4 Å². The van der Waals surface area contributed by atoms with Crippen molar-refractivity contribution in [2.75, 3.05) is 20.8 Å². The van der Waals surface area contributed by atoms with Gasteiger partial charge in [0.2, 0.25) is 17.7 Å². The Kier molecular flexibility index (Phi) is 10.9. The van der Waals surface area contributed by atoms with Gasteiger partial charge in [0.15, 0.2) is 0 Å². The number of carboxylic acid groups (broad SMARTS) is 1. The van der Waals surface area contributed by atoms with Crippen LogP contribution in [-0.2, 0) is 35.3 Å². The molecule has 2 atom stereocenters. The quantitative estimate of drug-likeness (QED) is 0.105. The zero-order valence-electron chi connectivity index (χ0n) is 30.3. The lowest BCUT2D eigenvalue weighted by Gasteiger charge is -2.29. The van der Waals surface area contributed by atoms with Crippen LogP contribution in [0, 0.1) is 0 Å². The number of halogens is 4. The molecule has 1 saturated carbocycles. The van der Waals surface area contributed by atoms with Crippen LogP contribution < -0.4 is 30.2 Å². The molecule has 0 radical (unpaired) electrons. The molecule has 1 amide bonds. The highest BCUT2D eigenvalue weighted by Gasteiger charge is 2.50. The Balaban J connectivity index is 1.15. The van der Waals surface area contributed by atoms with Crippen molar-refractivity contribution in [2.45, 2.75) is 81.9 Å². The van der Waals surface area contributed by atoms with Crippen molar-refractivity contribution >= 4 is 23.5 Å². The van der Waals surface area contributed by atoms with Gasteiger partial charge in [0.25, 0.3) is 0 Å². The minimum absolute atomic E-state index is 0.0704. The van der Waals surface area contributed by atoms with Gasteiger partial charge in [-0.25, -0.2) is 0 Å². The van der Waals surface area contributed by atoms with Gasteiger partial charge in [0.05, 0.1) is 24.9 Å². The summed E-state index contributed by atoms with van der Waals surface area (Å²) < 4.78 is 60.8. The number of aromatic nitrogens is 2. The van der Waals surface area contributed by atoms with Gasteiger partial charge < -0.3 is 30.0 Å². The second-order valence-electron chi connectivity index (χ2n) is 14.1. The number of amides is 1. The van der Waals surface area contributed by atoms with Crippen LogP contribution in [0.2, 0.25) is 5.02 Å². The maximum atomic E-state index is 14.5. The number of alkyl halides is 3. The average molecular weight is 780 g/mol. The van der Waals surface area contributed by atoms with Crippen LogP contribution in [0.1, 0.15) is 72.4 Å². The van der Waals surface area contributed by atoms with Crippen LogP contribution in [0.15, 0.2) is 54.7 Å². The van der Waals surface area contributed by atoms with Gasteiger partial charge in [-0.15, -0.1) is 0 Å². The number of carboxylic acids is 1. The minimum atomic E-state index is -4.81. The van der Waals surface area contributed by atoms with E-state index in [2.05, 4.69) is 25.9 Å². The number of nitrogens with zero attached hydrogens (tertiary/aromatic N) is 2. The summed E-state index contributed by atoms with van der Waals surface area (Å²) in [7, 11) is 2.89. The number of methoxy groups -OCH3 is 2. The van der Waals surface area contributed by atoms with E-state index in [1.807, 2.05) is 42.5 Å². The summed E-state index contributed by atoms with van der Waals surface area (Å²) in [5.41, 5.74) is 3.23. The van der Waals surface area contributed by atoms with Gasteiger partial charge in [0.1, 0.15) is 23.0 Å². The lowest BCUT2D eigenvalue weighted by Crippen LogP contribution is -2.38. The van der Waals surface area contributed by atoms with E-state index >= 15 is 0 Å². The Morgan fingerprint density at radius 2 is 1.84 bits per heavy atom. The number of aliphatic carboxylic acids is 1. The van der Waals surface area contributed by atoms with E-state index in [1.54, 1.807) is 13.3 Å². The van der Waals surface area contributed by atoms with Crippen molar-refractivity contribution in [2.24, 2.45) is 0 Å². The molecular formula is C40H41ClF3N5O6. The molecule has 11 nitrogen and oxygen atoms in total. The van der Waals surface area contributed by atoms with Gasteiger partial charge in [-0.05, 0) is 73.4 Å². The first kappa shape index (κ1) is 38.4. The summed E-state index contributed by atoms with van der Waals surface area (Å²) in [6.07, 6.45) is -0.0293. The minimum Gasteiger partial charge on any atom is -0.496 e. The SMILES string of the molecule is COc1cc(-c2nccc(-c3cccc4c3CCC[C@H]4Oc3nc(OC)c(CNC4(C(=O)O)CC4)cc3C(F)(F)F)c2Cl)ccc1CNC[C@H]1CCC(=O)N1. The molecule has 2 aliphatic carbocycles. The summed E-state index contributed by atoms with van der Waals surface area (Å²) in [4.78, 5) is 32.0. The molecule has 4 aromatic rings. The molecule has 1 aliphatic heterocycles. The molecule has 4 N–H and O–H groups in total. The highest BCUT2D eigenvalue weighted by molar-refractivity contribution is 6.35. The predicted molar refractivity (Wildman–Crippen MR) is 198 cm³/mol. The molecule has 2 aromatic carbocycles. The molecule has 15 heteroatoms. The number of benzene rings is 2. The molecule has 0 unspecified atom stereocenters. The molecule has 7 rings (SSSR count). The Morgan fingerprint density at radius 1 is 1.02 bits per heavy atom. The Labute approximate surface area is 321 Å². The van der Waals surface area contributed by atoms with E-state index in [4.69, 9.17) is 25.8 Å². The van der Waals surface area contributed by atoms with Crippen molar-refractivity contribution in [3.05, 3.63) is 87.6 Å². The van der Waals surface area contributed by atoms with Crippen molar-refractivity contribution in [3.8, 4) is 39.9 Å². The third kappa shape index (κ3) is 8.07. The predicted octanol–water partition coefficient (Wildman–Crippen LogP) is 7.03. The second kappa shape index (κ2) is 15.7. The zero-order chi connectivity index (χ0) is 38.9. The number of pyridine rings is 2. The van der Waals surface area contributed by atoms with Crippen LogP contribution in [0.4, 0.5) is 13.2 Å². The molecular weight excluding hydrogens is 739 g/mol. The first-order valence-corrected chi connectivity index (χ1v) is 18.5. The number of ether oxygens (including phenoxy) is 3. The first-order chi connectivity index (χ1) is 26.4. The van der Waals surface area contributed by atoms with Gasteiger partial charge in [-0.3, -0.25) is 19.9 Å². The molecule has 0 spiro atoms. The van der Waals surface area contributed by atoms with E-state index in [0.717, 1.165) is 45.9 Å². The average Bonchev–Trinajstić information content (AvgIpc) is 3.86. The van der Waals surface area contributed by atoms with E-state index in [1.165, 1.54) is 7.11 Å². The Morgan fingerprint density at radius 3 is 2.53 bits per heavy atom. The van der Waals surface area contributed by atoms with Gasteiger partial charge in [-0.1, -0.05) is 41.9 Å². The standard InChI is InChI=1S/C40H41ClF3N5O6/c1-53-32-18-22(9-10-23(32)19-45-21-25-11-12-33(50)48-25)35-34(41)29(13-16-46-35)27-5-3-7-28-26(27)6-4-8-31(28)55-37-30(40(42,43)44)17-24(36(49-37)54-2)20-47-39(14-15-39)38(51)52/h3,5,7,9-10,13,16-18,25,31,45,47H,4,6,8,11-12,14-15,19-21H2,1-2H3,(H,48,50)(H,51,52)/t25-,31-/m1/s1. The monoisotopic (exact) mass is 779 g/mol. The Hall–Kier alpha value is -4.92. The van der Waals surface area contributed by atoms with E-state index in [-0.39, 0.29) is 29.9 Å². The van der Waals surface area contributed by atoms with Crippen LogP contribution in [0.5, 0.6) is 17.5 Å². The number of hydrogen-bond acceptors (Lipinski definition) is 9. The summed E-state index contributed by atoms with van der Waals surface area (Å²) in [6, 6.07) is 14.2. The number of carbonyl (C=O) groups is 2. The number of nitrogens with one attached hydrogen (secondary N) is 3. The number of hydrogen-bond donors (Lipinski definition) is 4. The van der Waals surface area contributed by atoms with Crippen LogP contribution >= 0.6 is 11.6 Å². The summed E-state index contributed by atoms with van der Waals surface area (Å²) in [5.74, 6) is -1.03. The fraction of sp³-hybridized carbons (Fsp3) is 0.400. The van der Waals surface area contributed by atoms with Gasteiger partial charge >= 0.3 is 12.1 Å². The van der Waals surface area contributed by atoms with E-state index in [9.17, 15) is 27.9 Å². The molecule has 0 bridgehead atoms. The molecule has 290 valence electrons. The lowest BCUT2D eigenvalue weighted by molar-refractivity contribution is -0.141. The zero-order valence-corrected chi connectivity index (χ0v) is 31.1. The molecule has 2 aromatic heterocycles.